The Morgan fingerprint density at radius 3 is 2.56 bits per heavy atom. The lowest BCUT2D eigenvalue weighted by Gasteiger charge is -2.32. The molecule has 1 heterocycles. The molecular weight excluding hydrogens is 431 g/mol. The largest absolute Gasteiger partial charge is 0.337 e. The lowest BCUT2D eigenvalue weighted by molar-refractivity contribution is -0.403. The van der Waals surface area contributed by atoms with Crippen LogP contribution in [-0.2, 0) is 13.0 Å². The van der Waals surface area contributed by atoms with E-state index in [9.17, 15) is 14.5 Å². The van der Waals surface area contributed by atoms with Gasteiger partial charge in [0, 0.05) is 17.9 Å². The van der Waals surface area contributed by atoms with Crippen LogP contribution in [0.3, 0.4) is 0 Å². The number of para-hydroxylation sites is 1. The summed E-state index contributed by atoms with van der Waals surface area (Å²) < 4.78 is 13.2. The predicted molar refractivity (Wildman–Crippen MR) is 132 cm³/mol. The van der Waals surface area contributed by atoms with E-state index in [0.717, 1.165) is 56.3 Å². The van der Waals surface area contributed by atoms with Crippen LogP contribution in [-0.4, -0.2) is 22.9 Å². The zero-order valence-electron chi connectivity index (χ0n) is 18.9. The van der Waals surface area contributed by atoms with Gasteiger partial charge in [0.1, 0.15) is 5.82 Å². The number of hydrogen-bond acceptors (Lipinski definition) is 5. The molecule has 0 bridgehead atoms. The monoisotopic (exact) mass is 459 g/mol. The molecule has 4 rings (SSSR count). The second-order valence-electron chi connectivity index (χ2n) is 8.58. The highest BCUT2D eigenvalue weighted by Gasteiger charge is 2.20. The zero-order valence-corrected chi connectivity index (χ0v) is 18.9. The van der Waals surface area contributed by atoms with Gasteiger partial charge in [-0.2, -0.15) is 0 Å². The SMILES string of the molecule is O=[N+]([O-])C=C(Nc1c[c]ccc1)Nc1ccccc1CN1CCC(Cc2ccc(F)cc2)CC1. The van der Waals surface area contributed by atoms with Crippen LogP contribution in [0, 0.1) is 27.9 Å². The Morgan fingerprint density at radius 2 is 1.85 bits per heavy atom. The quantitative estimate of drug-likeness (QED) is 0.318. The Bertz CT molecular complexity index is 1110. The summed E-state index contributed by atoms with van der Waals surface area (Å²) in [5, 5.41) is 17.4. The molecule has 1 aliphatic heterocycles. The summed E-state index contributed by atoms with van der Waals surface area (Å²) in [7, 11) is 0. The number of piperidine rings is 1. The van der Waals surface area contributed by atoms with Gasteiger partial charge >= 0.3 is 0 Å². The number of hydrogen-bond donors (Lipinski definition) is 2. The Morgan fingerprint density at radius 1 is 1.09 bits per heavy atom. The molecule has 1 fully saturated rings. The molecule has 1 saturated heterocycles. The first kappa shape index (κ1) is 23.4. The van der Waals surface area contributed by atoms with Crippen molar-refractivity contribution >= 4 is 11.4 Å². The topological polar surface area (TPSA) is 70.4 Å². The number of nitrogens with one attached hydrogen (secondary N) is 2. The highest BCUT2D eigenvalue weighted by molar-refractivity contribution is 5.59. The van der Waals surface area contributed by atoms with Crippen LogP contribution in [0.5, 0.6) is 0 Å². The van der Waals surface area contributed by atoms with Crippen LogP contribution in [0.4, 0.5) is 15.8 Å². The van der Waals surface area contributed by atoms with Gasteiger partial charge in [-0.1, -0.05) is 42.5 Å². The van der Waals surface area contributed by atoms with E-state index in [0.29, 0.717) is 11.6 Å². The summed E-state index contributed by atoms with van der Waals surface area (Å²) in [6.45, 7) is 2.73. The first-order chi connectivity index (χ1) is 16.5. The second kappa shape index (κ2) is 11.4. The van der Waals surface area contributed by atoms with Gasteiger partial charge < -0.3 is 10.6 Å². The fraction of sp³-hybridized carbons (Fsp3) is 0.259. The molecule has 0 aliphatic carbocycles. The second-order valence-corrected chi connectivity index (χ2v) is 8.58. The van der Waals surface area contributed by atoms with Gasteiger partial charge in [0.25, 0.3) is 6.20 Å². The molecule has 1 radical (unpaired) electrons. The molecule has 3 aromatic rings. The third-order valence-corrected chi connectivity index (χ3v) is 6.05. The van der Waals surface area contributed by atoms with Crippen molar-refractivity contribution in [3.8, 4) is 0 Å². The minimum absolute atomic E-state index is 0.195. The molecule has 1 aliphatic rings. The van der Waals surface area contributed by atoms with Gasteiger partial charge in [-0.15, -0.1) is 0 Å². The highest BCUT2D eigenvalue weighted by Crippen LogP contribution is 2.25. The lowest BCUT2D eigenvalue weighted by atomic mass is 9.90. The molecule has 6 nitrogen and oxygen atoms in total. The number of halogens is 1. The Kier molecular flexibility index (Phi) is 7.88. The number of anilines is 2. The summed E-state index contributed by atoms with van der Waals surface area (Å²) in [4.78, 5) is 13.1. The van der Waals surface area contributed by atoms with Gasteiger partial charge in [0.05, 0.1) is 4.92 Å². The third kappa shape index (κ3) is 6.89. The normalized spacial score (nSPS) is 15.1. The Labute approximate surface area is 199 Å². The number of benzene rings is 3. The molecule has 34 heavy (non-hydrogen) atoms. The average Bonchev–Trinajstić information content (AvgIpc) is 2.83. The van der Waals surface area contributed by atoms with Gasteiger partial charge in [-0.05, 0) is 85.8 Å². The standard InChI is InChI=1S/C27H28FN4O2/c28-24-12-10-21(11-13-24)18-22-14-16-31(17-15-22)19-23-6-4-5-9-26(23)30-27(20-32(33)34)29-25-7-2-1-3-8-25/h1-2,4-13,20,22,29-30H,14-19H2. The molecule has 175 valence electrons. The van der Waals surface area contributed by atoms with Crippen LogP contribution in [0.2, 0.25) is 0 Å². The molecule has 2 N–H and O–H groups in total. The maximum Gasteiger partial charge on any atom is 0.274 e. The van der Waals surface area contributed by atoms with E-state index in [-0.39, 0.29) is 11.6 Å². The number of likely N-dealkylation sites (tertiary alicyclic amines) is 1. The molecule has 0 saturated carbocycles. The number of nitrogens with zero attached hydrogens (tertiary/aromatic N) is 2. The Hall–Kier alpha value is -3.71. The van der Waals surface area contributed by atoms with E-state index in [1.54, 1.807) is 12.1 Å². The van der Waals surface area contributed by atoms with Crippen molar-refractivity contribution < 1.29 is 9.31 Å². The van der Waals surface area contributed by atoms with E-state index < -0.39 is 4.92 Å². The predicted octanol–water partition coefficient (Wildman–Crippen LogP) is 5.68. The van der Waals surface area contributed by atoms with Crippen LogP contribution >= 0.6 is 0 Å². The van der Waals surface area contributed by atoms with E-state index in [2.05, 4.69) is 21.6 Å². The molecule has 0 aromatic heterocycles. The average molecular weight is 460 g/mol. The van der Waals surface area contributed by atoms with Crippen LogP contribution in [0.1, 0.15) is 24.0 Å². The van der Waals surface area contributed by atoms with E-state index >= 15 is 0 Å². The number of nitro groups is 1. The summed E-state index contributed by atoms with van der Waals surface area (Å²) in [6.07, 6.45) is 4.09. The van der Waals surface area contributed by atoms with Crippen molar-refractivity contribution in [1.29, 1.82) is 0 Å². The van der Waals surface area contributed by atoms with Gasteiger partial charge in [0.15, 0.2) is 5.82 Å². The van der Waals surface area contributed by atoms with Crippen LogP contribution in [0.15, 0.2) is 84.8 Å². The summed E-state index contributed by atoms with van der Waals surface area (Å²) in [5.74, 6) is 0.686. The zero-order chi connectivity index (χ0) is 23.8. The van der Waals surface area contributed by atoms with Crippen molar-refractivity contribution in [2.75, 3.05) is 23.7 Å². The van der Waals surface area contributed by atoms with Gasteiger partial charge in [0.2, 0.25) is 0 Å². The first-order valence-electron chi connectivity index (χ1n) is 11.5. The van der Waals surface area contributed by atoms with Gasteiger partial charge in [-0.3, -0.25) is 15.0 Å². The van der Waals surface area contributed by atoms with Crippen molar-refractivity contribution in [1.82, 2.24) is 4.90 Å². The molecule has 0 amide bonds. The van der Waals surface area contributed by atoms with Crippen molar-refractivity contribution in [2.45, 2.75) is 25.8 Å². The first-order valence-corrected chi connectivity index (χ1v) is 11.5. The lowest BCUT2D eigenvalue weighted by Crippen LogP contribution is -2.34. The summed E-state index contributed by atoms with van der Waals surface area (Å²) in [6, 6.07) is 24.8. The summed E-state index contributed by atoms with van der Waals surface area (Å²) >= 11 is 0. The highest BCUT2D eigenvalue weighted by atomic mass is 19.1. The fourth-order valence-corrected chi connectivity index (χ4v) is 4.30. The minimum Gasteiger partial charge on any atom is -0.337 e. The van der Waals surface area contributed by atoms with E-state index in [1.807, 2.05) is 48.5 Å². The molecule has 0 atom stereocenters. The van der Waals surface area contributed by atoms with Crippen LogP contribution in [0.25, 0.3) is 0 Å². The summed E-state index contributed by atoms with van der Waals surface area (Å²) in [5.41, 5.74) is 3.80. The van der Waals surface area contributed by atoms with Crippen molar-refractivity contribution in [3.63, 3.8) is 0 Å². The third-order valence-electron chi connectivity index (χ3n) is 6.05. The Balaban J connectivity index is 1.37. The maximum absolute atomic E-state index is 13.2. The van der Waals surface area contributed by atoms with Crippen molar-refractivity contribution in [3.05, 3.63) is 118 Å². The fourth-order valence-electron chi connectivity index (χ4n) is 4.30. The van der Waals surface area contributed by atoms with Crippen LogP contribution < -0.4 is 10.6 Å². The maximum atomic E-state index is 13.2. The molecule has 3 aromatic carbocycles. The number of rotatable bonds is 9. The minimum atomic E-state index is -0.476. The molecule has 0 spiro atoms. The van der Waals surface area contributed by atoms with E-state index in [1.165, 1.54) is 17.7 Å². The van der Waals surface area contributed by atoms with Gasteiger partial charge in [-0.25, -0.2) is 4.39 Å². The van der Waals surface area contributed by atoms with Crippen molar-refractivity contribution in [2.24, 2.45) is 5.92 Å². The smallest absolute Gasteiger partial charge is 0.274 e. The molecule has 0 unspecified atom stereocenters. The molecule has 7 heteroatoms. The van der Waals surface area contributed by atoms with E-state index in [4.69, 9.17) is 0 Å². The molecular formula is C27H28FN4O2.